The lowest BCUT2D eigenvalue weighted by atomic mass is 9.80. The van der Waals surface area contributed by atoms with Crippen LogP contribution in [0.25, 0.3) is 77.2 Å². The van der Waals surface area contributed by atoms with Gasteiger partial charge in [0.15, 0.2) is 0 Å². The first-order chi connectivity index (χ1) is 21.9. The fourth-order valence-corrected chi connectivity index (χ4v) is 6.74. The molecule has 0 saturated carbocycles. The molecule has 0 unspecified atom stereocenters. The third-order valence-electron chi connectivity index (χ3n) is 8.66. The average molecular weight is 559 g/mol. The molecule has 0 aliphatic heterocycles. The summed E-state index contributed by atoms with van der Waals surface area (Å²) in [7, 11) is 0. The molecule has 0 aliphatic carbocycles. The predicted octanol–water partition coefficient (Wildman–Crippen LogP) is 12.3. The number of hydrogen-bond donors (Lipinski definition) is 0. The maximum atomic E-state index is 2.36. The predicted molar refractivity (Wildman–Crippen MR) is 189 cm³/mol. The normalized spacial score (nSPS) is 11.2. The van der Waals surface area contributed by atoms with Crippen LogP contribution in [0, 0.1) is 0 Å². The van der Waals surface area contributed by atoms with E-state index in [9.17, 15) is 0 Å². The third kappa shape index (κ3) is 4.49. The van der Waals surface area contributed by atoms with E-state index in [1.165, 1.54) is 77.2 Å². The number of rotatable bonds is 5. The zero-order valence-corrected chi connectivity index (χ0v) is 24.3. The first kappa shape index (κ1) is 25.9. The Morgan fingerprint density at radius 2 is 0.591 bits per heavy atom. The van der Waals surface area contributed by atoms with Crippen LogP contribution in [0.15, 0.2) is 182 Å². The van der Waals surface area contributed by atoms with Crippen LogP contribution in [0.2, 0.25) is 0 Å². The lowest BCUT2D eigenvalue weighted by Gasteiger charge is -2.22. The van der Waals surface area contributed by atoms with Gasteiger partial charge in [0.05, 0.1) is 0 Å². The van der Waals surface area contributed by atoms with E-state index in [4.69, 9.17) is 0 Å². The second kappa shape index (κ2) is 11.2. The van der Waals surface area contributed by atoms with Crippen LogP contribution < -0.4 is 0 Å². The van der Waals surface area contributed by atoms with Crippen LogP contribution in [0.4, 0.5) is 0 Å². The van der Waals surface area contributed by atoms with Crippen LogP contribution >= 0.6 is 0 Å². The molecule has 0 radical (unpaired) electrons. The monoisotopic (exact) mass is 558 g/mol. The molecule has 8 rings (SSSR count). The standard InChI is InChI=1S/C44H30/c1-5-16-31(17-6-1)35-24-13-25-36(30-35)42-40-29-15-26-37(32-18-7-2-8-19-32)43(40)41(34-22-11-4-12-23-34)39-28-14-27-38(44(39)42)33-20-9-3-10-21-33/h1-30H. The van der Waals surface area contributed by atoms with Gasteiger partial charge in [-0.05, 0) is 83.2 Å². The number of benzene rings is 8. The van der Waals surface area contributed by atoms with Gasteiger partial charge in [-0.15, -0.1) is 0 Å². The zero-order valence-electron chi connectivity index (χ0n) is 24.3. The highest BCUT2D eigenvalue weighted by Gasteiger charge is 2.22. The molecule has 0 aliphatic rings. The van der Waals surface area contributed by atoms with Crippen molar-refractivity contribution in [1.82, 2.24) is 0 Å². The molecule has 0 aromatic heterocycles. The molecular weight excluding hydrogens is 528 g/mol. The minimum Gasteiger partial charge on any atom is -0.0622 e. The summed E-state index contributed by atoms with van der Waals surface area (Å²) in [5.41, 5.74) is 12.3. The van der Waals surface area contributed by atoms with Gasteiger partial charge in [-0.1, -0.05) is 176 Å². The van der Waals surface area contributed by atoms with Gasteiger partial charge < -0.3 is 0 Å². The summed E-state index contributed by atoms with van der Waals surface area (Å²) >= 11 is 0. The van der Waals surface area contributed by atoms with E-state index in [2.05, 4.69) is 182 Å². The molecule has 8 aromatic rings. The minimum absolute atomic E-state index is 1.22. The van der Waals surface area contributed by atoms with Gasteiger partial charge in [0.2, 0.25) is 0 Å². The highest BCUT2D eigenvalue weighted by Crippen LogP contribution is 2.49. The molecule has 0 amide bonds. The van der Waals surface area contributed by atoms with Crippen molar-refractivity contribution in [2.75, 3.05) is 0 Å². The largest absolute Gasteiger partial charge is 0.0622 e. The Morgan fingerprint density at radius 3 is 1.09 bits per heavy atom. The van der Waals surface area contributed by atoms with E-state index in [1.807, 2.05) is 0 Å². The topological polar surface area (TPSA) is 0 Å². The van der Waals surface area contributed by atoms with Gasteiger partial charge in [0, 0.05) is 0 Å². The molecule has 0 heterocycles. The molecular formula is C44H30. The van der Waals surface area contributed by atoms with Crippen molar-refractivity contribution in [3.05, 3.63) is 182 Å². The van der Waals surface area contributed by atoms with Crippen molar-refractivity contribution >= 4 is 21.5 Å². The fraction of sp³-hybridized carbons (Fsp3) is 0. The SMILES string of the molecule is c1ccc(-c2cccc(-c3c4cccc(-c5ccccc5)c4c(-c4ccccc4)c4cccc(-c5ccccc5)c34)c2)cc1. The maximum absolute atomic E-state index is 2.36. The summed E-state index contributed by atoms with van der Waals surface area (Å²) in [6, 6.07) is 65.9. The van der Waals surface area contributed by atoms with Gasteiger partial charge in [0.1, 0.15) is 0 Å². The van der Waals surface area contributed by atoms with Gasteiger partial charge in [0.25, 0.3) is 0 Å². The minimum atomic E-state index is 1.22. The summed E-state index contributed by atoms with van der Waals surface area (Å²) in [6.45, 7) is 0. The second-order valence-corrected chi connectivity index (χ2v) is 11.3. The Morgan fingerprint density at radius 1 is 0.227 bits per heavy atom. The van der Waals surface area contributed by atoms with Crippen molar-refractivity contribution in [3.8, 4) is 55.6 Å². The molecule has 0 atom stereocenters. The third-order valence-corrected chi connectivity index (χ3v) is 8.66. The summed E-state index contributed by atoms with van der Waals surface area (Å²) in [5.74, 6) is 0. The van der Waals surface area contributed by atoms with Crippen molar-refractivity contribution in [2.24, 2.45) is 0 Å². The van der Waals surface area contributed by atoms with E-state index in [1.54, 1.807) is 0 Å². The number of hydrogen-bond acceptors (Lipinski definition) is 0. The summed E-state index contributed by atoms with van der Waals surface area (Å²) < 4.78 is 0. The highest BCUT2D eigenvalue weighted by atomic mass is 14.2. The lowest BCUT2D eigenvalue weighted by molar-refractivity contribution is 1.60. The van der Waals surface area contributed by atoms with Crippen LogP contribution in [0.3, 0.4) is 0 Å². The second-order valence-electron chi connectivity index (χ2n) is 11.3. The molecule has 0 N–H and O–H groups in total. The molecule has 8 aromatic carbocycles. The van der Waals surface area contributed by atoms with E-state index in [0.717, 1.165) is 0 Å². The lowest BCUT2D eigenvalue weighted by Crippen LogP contribution is -1.95. The van der Waals surface area contributed by atoms with Crippen molar-refractivity contribution in [3.63, 3.8) is 0 Å². The Kier molecular flexibility index (Phi) is 6.59. The molecule has 206 valence electrons. The Balaban J connectivity index is 1.59. The Labute approximate surface area is 258 Å². The quantitative estimate of drug-likeness (QED) is 0.184. The van der Waals surface area contributed by atoms with Gasteiger partial charge in [-0.3, -0.25) is 0 Å². The molecule has 0 fully saturated rings. The van der Waals surface area contributed by atoms with E-state index in [-0.39, 0.29) is 0 Å². The van der Waals surface area contributed by atoms with E-state index >= 15 is 0 Å². The van der Waals surface area contributed by atoms with Gasteiger partial charge >= 0.3 is 0 Å². The van der Waals surface area contributed by atoms with Crippen LogP contribution in [0.5, 0.6) is 0 Å². The smallest absolute Gasteiger partial charge is 0.00141 e. The zero-order chi connectivity index (χ0) is 29.3. The van der Waals surface area contributed by atoms with Crippen molar-refractivity contribution < 1.29 is 0 Å². The van der Waals surface area contributed by atoms with E-state index < -0.39 is 0 Å². The van der Waals surface area contributed by atoms with Gasteiger partial charge in [-0.25, -0.2) is 0 Å². The number of fused-ring (bicyclic) bond motifs is 2. The maximum Gasteiger partial charge on any atom is -0.00141 e. The van der Waals surface area contributed by atoms with Crippen LogP contribution in [0.1, 0.15) is 0 Å². The average Bonchev–Trinajstić information content (AvgIpc) is 3.11. The molecule has 0 saturated heterocycles. The first-order valence-corrected chi connectivity index (χ1v) is 15.2. The Hall–Kier alpha value is -5.72. The molecule has 0 bridgehead atoms. The molecule has 0 nitrogen and oxygen atoms in total. The molecule has 44 heavy (non-hydrogen) atoms. The van der Waals surface area contributed by atoms with Crippen LogP contribution in [-0.2, 0) is 0 Å². The van der Waals surface area contributed by atoms with Gasteiger partial charge in [-0.2, -0.15) is 0 Å². The summed E-state index contributed by atoms with van der Waals surface area (Å²) in [5, 5.41) is 5.07. The van der Waals surface area contributed by atoms with E-state index in [0.29, 0.717) is 0 Å². The summed E-state index contributed by atoms with van der Waals surface area (Å²) in [4.78, 5) is 0. The summed E-state index contributed by atoms with van der Waals surface area (Å²) in [6.07, 6.45) is 0. The van der Waals surface area contributed by atoms with Crippen molar-refractivity contribution in [2.45, 2.75) is 0 Å². The van der Waals surface area contributed by atoms with Crippen LogP contribution in [-0.4, -0.2) is 0 Å². The fourth-order valence-electron chi connectivity index (χ4n) is 6.74. The van der Waals surface area contributed by atoms with Crippen molar-refractivity contribution in [1.29, 1.82) is 0 Å². The molecule has 0 heteroatoms. The first-order valence-electron chi connectivity index (χ1n) is 15.2. The molecule has 0 spiro atoms. The Bertz CT molecular complexity index is 2230. The highest BCUT2D eigenvalue weighted by molar-refractivity contribution is 6.27.